The van der Waals surface area contributed by atoms with Crippen molar-refractivity contribution < 1.29 is 15.0 Å². The molecule has 0 aliphatic heterocycles. The maximum Gasteiger partial charge on any atom is 0.407 e. The van der Waals surface area contributed by atoms with Gasteiger partial charge in [0.05, 0.1) is 4.70 Å². The van der Waals surface area contributed by atoms with Crippen LogP contribution in [0.5, 0.6) is 5.75 Å². The molecule has 1 aromatic carbocycles. The van der Waals surface area contributed by atoms with E-state index >= 15 is 0 Å². The number of aromatic nitrogens is 1. The monoisotopic (exact) mass is 468 g/mol. The maximum atomic E-state index is 11.6. The summed E-state index contributed by atoms with van der Waals surface area (Å²) < 4.78 is 0.683. The largest absolute Gasteiger partial charge is 0.506 e. The second-order valence-corrected chi connectivity index (χ2v) is 7.24. The van der Waals surface area contributed by atoms with Crippen LogP contribution in [0.4, 0.5) is 4.79 Å². The zero-order valence-electron chi connectivity index (χ0n) is 16.6. The molecule has 0 spiro atoms. The number of aromatic amines is 1. The van der Waals surface area contributed by atoms with Gasteiger partial charge in [0, 0.05) is 32.7 Å². The fourth-order valence-corrected chi connectivity index (χ4v) is 3.84. The standard InChI is InChI=1S/C18H28N4O4S.2ClH/c1-3-21(4-2)11-8-19-9-12-22(18(25)26)10-7-13-5-6-14(23)15-16(13)27-17(24)20-15;;/h5-6,19,23H,3-4,7-12H2,1-2H3,(H,20,24)(H,25,26);2*1H. The topological polar surface area (TPSA) is 109 Å². The molecule has 2 aromatic rings. The summed E-state index contributed by atoms with van der Waals surface area (Å²) in [6.45, 7) is 9.35. The van der Waals surface area contributed by atoms with Crippen molar-refractivity contribution in [3.8, 4) is 5.75 Å². The number of H-pyrrole nitrogens is 1. The molecule has 1 aromatic heterocycles. The molecule has 0 fully saturated rings. The number of aromatic hydroxyl groups is 1. The number of benzene rings is 1. The zero-order chi connectivity index (χ0) is 19.8. The Morgan fingerprint density at radius 1 is 1.14 bits per heavy atom. The van der Waals surface area contributed by atoms with Crippen molar-refractivity contribution in [1.29, 1.82) is 0 Å². The number of rotatable bonds is 11. The van der Waals surface area contributed by atoms with Crippen molar-refractivity contribution in [2.75, 3.05) is 45.8 Å². The highest BCUT2D eigenvalue weighted by molar-refractivity contribution is 7.16. The summed E-state index contributed by atoms with van der Waals surface area (Å²) in [5, 5.41) is 22.6. The number of carbonyl (C=O) groups is 1. The quantitative estimate of drug-likeness (QED) is 0.377. The van der Waals surface area contributed by atoms with Crippen LogP contribution in [-0.4, -0.2) is 76.9 Å². The van der Waals surface area contributed by atoms with E-state index in [0.717, 1.165) is 43.1 Å². The van der Waals surface area contributed by atoms with E-state index in [4.69, 9.17) is 0 Å². The minimum atomic E-state index is -0.960. The van der Waals surface area contributed by atoms with Gasteiger partial charge < -0.3 is 30.3 Å². The molecular formula is C18H30Cl2N4O4S. The fourth-order valence-electron chi connectivity index (χ4n) is 2.94. The van der Waals surface area contributed by atoms with E-state index in [2.05, 4.69) is 29.0 Å². The number of hydrogen-bond donors (Lipinski definition) is 4. The summed E-state index contributed by atoms with van der Waals surface area (Å²) in [7, 11) is 0. The van der Waals surface area contributed by atoms with Crippen LogP contribution < -0.4 is 10.2 Å². The van der Waals surface area contributed by atoms with Crippen molar-refractivity contribution in [1.82, 2.24) is 20.1 Å². The van der Waals surface area contributed by atoms with Crippen LogP contribution in [0, 0.1) is 0 Å². The number of hydrogen-bond acceptors (Lipinski definition) is 6. The summed E-state index contributed by atoms with van der Waals surface area (Å²) in [5.41, 5.74) is 1.27. The van der Waals surface area contributed by atoms with Gasteiger partial charge in [-0.2, -0.15) is 0 Å². The molecule has 0 saturated carbocycles. The lowest BCUT2D eigenvalue weighted by Gasteiger charge is -2.21. The van der Waals surface area contributed by atoms with Gasteiger partial charge in [-0.1, -0.05) is 31.3 Å². The lowest BCUT2D eigenvalue weighted by atomic mass is 10.1. The number of nitrogens with zero attached hydrogens (tertiary/aromatic N) is 2. The molecule has 11 heteroatoms. The number of amides is 1. The highest BCUT2D eigenvalue weighted by atomic mass is 35.5. The number of fused-ring (bicyclic) bond motifs is 1. The van der Waals surface area contributed by atoms with Gasteiger partial charge in [-0.3, -0.25) is 4.79 Å². The molecule has 0 saturated heterocycles. The van der Waals surface area contributed by atoms with Crippen molar-refractivity contribution in [3.63, 3.8) is 0 Å². The van der Waals surface area contributed by atoms with Gasteiger partial charge in [0.15, 0.2) is 0 Å². The van der Waals surface area contributed by atoms with Crippen molar-refractivity contribution in [2.24, 2.45) is 0 Å². The molecule has 0 bridgehead atoms. The normalized spacial score (nSPS) is 10.6. The average Bonchev–Trinajstić information content (AvgIpc) is 3.04. The molecule has 0 atom stereocenters. The first kappa shape index (κ1) is 27.5. The number of nitrogens with one attached hydrogen (secondary N) is 2. The number of phenols is 1. The maximum absolute atomic E-state index is 11.6. The van der Waals surface area contributed by atoms with E-state index in [1.165, 1.54) is 11.0 Å². The average molecular weight is 469 g/mol. The molecule has 166 valence electrons. The Kier molecular flexibility index (Phi) is 12.9. The van der Waals surface area contributed by atoms with Crippen LogP contribution in [0.3, 0.4) is 0 Å². The van der Waals surface area contributed by atoms with Gasteiger partial charge in [0.1, 0.15) is 11.3 Å². The SMILES string of the molecule is CCN(CC)CCNCCN(CCc1ccc(O)c2[nH]c(=O)sc12)C(=O)O.Cl.Cl. The van der Waals surface area contributed by atoms with Gasteiger partial charge in [-0.15, -0.1) is 24.8 Å². The third kappa shape index (κ3) is 8.02. The van der Waals surface area contributed by atoms with Crippen LogP contribution in [0.25, 0.3) is 10.2 Å². The van der Waals surface area contributed by atoms with E-state index in [0.29, 0.717) is 36.3 Å². The Labute approximate surface area is 186 Å². The van der Waals surface area contributed by atoms with Crippen LogP contribution >= 0.6 is 36.2 Å². The molecule has 1 amide bonds. The van der Waals surface area contributed by atoms with Crippen LogP contribution in [0.1, 0.15) is 19.4 Å². The smallest absolute Gasteiger partial charge is 0.407 e. The first-order valence-corrected chi connectivity index (χ1v) is 10.0. The Bertz CT molecular complexity index is 811. The van der Waals surface area contributed by atoms with Gasteiger partial charge in [0.2, 0.25) is 0 Å². The third-order valence-corrected chi connectivity index (χ3v) is 5.58. The molecule has 0 aliphatic carbocycles. The number of likely N-dealkylation sites (N-methyl/N-ethyl adjacent to an activating group) is 1. The van der Waals surface area contributed by atoms with Gasteiger partial charge in [0.25, 0.3) is 0 Å². The number of thiazole rings is 1. The lowest BCUT2D eigenvalue weighted by Crippen LogP contribution is -2.39. The summed E-state index contributed by atoms with van der Waals surface area (Å²) in [4.78, 5) is 29.1. The van der Waals surface area contributed by atoms with Gasteiger partial charge in [-0.05, 0) is 31.1 Å². The van der Waals surface area contributed by atoms with E-state index < -0.39 is 6.09 Å². The van der Waals surface area contributed by atoms with Crippen molar-refractivity contribution in [2.45, 2.75) is 20.3 Å². The predicted octanol–water partition coefficient (Wildman–Crippen LogP) is 2.59. The summed E-state index contributed by atoms with van der Waals surface area (Å²) in [5.74, 6) is 0.0274. The number of halogens is 2. The number of phenolic OH excluding ortho intramolecular Hbond substituents is 1. The second kappa shape index (κ2) is 13.7. The summed E-state index contributed by atoms with van der Waals surface area (Å²) in [6, 6.07) is 3.27. The Morgan fingerprint density at radius 3 is 2.41 bits per heavy atom. The highest BCUT2D eigenvalue weighted by Gasteiger charge is 2.14. The predicted molar refractivity (Wildman–Crippen MR) is 123 cm³/mol. The molecule has 0 aliphatic rings. The molecule has 4 N–H and O–H groups in total. The van der Waals surface area contributed by atoms with Gasteiger partial charge >= 0.3 is 11.0 Å². The lowest BCUT2D eigenvalue weighted by molar-refractivity contribution is 0.146. The molecule has 29 heavy (non-hydrogen) atoms. The Hall–Kier alpha value is -1.52. The third-order valence-electron chi connectivity index (χ3n) is 4.62. The summed E-state index contributed by atoms with van der Waals surface area (Å²) in [6.07, 6.45) is -0.478. The van der Waals surface area contributed by atoms with Crippen LogP contribution in [-0.2, 0) is 6.42 Å². The first-order valence-electron chi connectivity index (χ1n) is 9.20. The summed E-state index contributed by atoms with van der Waals surface area (Å²) >= 11 is 1.03. The molecule has 0 unspecified atom stereocenters. The molecule has 2 rings (SSSR count). The number of carboxylic acid groups (broad SMARTS) is 1. The van der Waals surface area contributed by atoms with E-state index in [-0.39, 0.29) is 35.4 Å². The molecule has 8 nitrogen and oxygen atoms in total. The highest BCUT2D eigenvalue weighted by Crippen LogP contribution is 2.28. The van der Waals surface area contributed by atoms with E-state index in [1.54, 1.807) is 6.07 Å². The van der Waals surface area contributed by atoms with Crippen LogP contribution in [0.2, 0.25) is 0 Å². The van der Waals surface area contributed by atoms with E-state index in [9.17, 15) is 19.8 Å². The van der Waals surface area contributed by atoms with Gasteiger partial charge in [-0.25, -0.2) is 4.79 Å². The Balaban J connectivity index is 0.00000392. The fraction of sp³-hybridized carbons (Fsp3) is 0.556. The molecule has 0 radical (unpaired) electrons. The van der Waals surface area contributed by atoms with Crippen molar-refractivity contribution >= 4 is 52.5 Å². The first-order chi connectivity index (χ1) is 13.0. The minimum absolute atomic E-state index is 0. The minimum Gasteiger partial charge on any atom is -0.506 e. The van der Waals surface area contributed by atoms with Crippen LogP contribution in [0.15, 0.2) is 16.9 Å². The van der Waals surface area contributed by atoms with Crippen molar-refractivity contribution in [3.05, 3.63) is 27.4 Å². The zero-order valence-corrected chi connectivity index (χ0v) is 19.1. The molecule has 1 heterocycles. The molecular weight excluding hydrogens is 439 g/mol. The Morgan fingerprint density at radius 2 is 1.79 bits per heavy atom. The van der Waals surface area contributed by atoms with E-state index in [1.807, 2.05) is 0 Å². The second-order valence-electron chi connectivity index (χ2n) is 6.26.